The molecule has 124 valence electrons. The van der Waals surface area contributed by atoms with Crippen molar-refractivity contribution in [2.45, 2.75) is 37.3 Å². The van der Waals surface area contributed by atoms with E-state index < -0.39 is 5.60 Å². The van der Waals surface area contributed by atoms with Gasteiger partial charge in [0.15, 0.2) is 0 Å². The average molecular weight is 345 g/mol. The first-order valence-corrected chi connectivity index (χ1v) is 8.29. The molecule has 0 unspecified atom stereocenters. The molecule has 0 saturated heterocycles. The monoisotopic (exact) mass is 344 g/mol. The van der Waals surface area contributed by atoms with Crippen LogP contribution in [0, 0.1) is 17.7 Å². The Morgan fingerprint density at radius 1 is 1.33 bits per heavy atom. The maximum atomic E-state index is 12.9. The molecule has 5 heteroatoms. The van der Waals surface area contributed by atoms with E-state index in [1.165, 1.54) is 12.3 Å². The summed E-state index contributed by atoms with van der Waals surface area (Å²) in [6.45, 7) is 0. The van der Waals surface area contributed by atoms with Gasteiger partial charge in [0, 0.05) is 23.0 Å². The molecule has 3 rings (SSSR count). The van der Waals surface area contributed by atoms with Gasteiger partial charge in [-0.1, -0.05) is 29.5 Å². The lowest BCUT2D eigenvalue weighted by Gasteiger charge is -2.33. The summed E-state index contributed by atoms with van der Waals surface area (Å²) in [6.07, 6.45) is 4.09. The number of aliphatic hydroxyl groups is 1. The van der Waals surface area contributed by atoms with Crippen LogP contribution in [0.15, 0.2) is 42.6 Å². The third-order valence-corrected chi connectivity index (χ3v) is 4.31. The van der Waals surface area contributed by atoms with E-state index in [4.69, 9.17) is 11.6 Å². The number of hydrogen-bond donors (Lipinski definition) is 2. The number of halogens is 2. The van der Waals surface area contributed by atoms with E-state index in [-0.39, 0.29) is 11.9 Å². The molecule has 1 aromatic carbocycles. The summed E-state index contributed by atoms with van der Waals surface area (Å²) in [5, 5.41) is 14.6. The Balaban J connectivity index is 1.69. The topological polar surface area (TPSA) is 45.1 Å². The fourth-order valence-electron chi connectivity index (χ4n) is 2.91. The molecule has 24 heavy (non-hydrogen) atoms. The third-order valence-electron chi connectivity index (χ3n) is 4.07. The van der Waals surface area contributed by atoms with E-state index in [9.17, 15) is 9.50 Å². The van der Waals surface area contributed by atoms with Crippen LogP contribution >= 0.6 is 11.6 Å². The van der Waals surface area contributed by atoms with E-state index in [0.717, 1.165) is 18.4 Å². The van der Waals surface area contributed by atoms with Crippen LogP contribution < -0.4 is 5.32 Å². The van der Waals surface area contributed by atoms with Crippen molar-refractivity contribution >= 4 is 17.4 Å². The number of nitrogens with one attached hydrogen (secondary N) is 1. The molecule has 1 aromatic heterocycles. The molecule has 0 spiro atoms. The molecular formula is C19H18ClFN2O. The van der Waals surface area contributed by atoms with Crippen LogP contribution in [0.4, 0.5) is 10.2 Å². The van der Waals surface area contributed by atoms with Gasteiger partial charge in [0.1, 0.15) is 17.2 Å². The SMILES string of the molecule is O[C@@]1(C#Cc2cccc(Cl)c2)CCC[C@H](Nc2ccc(F)cn2)C1. The minimum Gasteiger partial charge on any atom is -0.378 e. The van der Waals surface area contributed by atoms with Gasteiger partial charge in [-0.15, -0.1) is 0 Å². The number of pyridine rings is 1. The van der Waals surface area contributed by atoms with Crippen molar-refractivity contribution in [3.8, 4) is 11.8 Å². The first-order valence-electron chi connectivity index (χ1n) is 7.92. The molecular weight excluding hydrogens is 327 g/mol. The van der Waals surface area contributed by atoms with Crippen LogP contribution in [0.1, 0.15) is 31.2 Å². The Bertz CT molecular complexity index is 769. The zero-order valence-electron chi connectivity index (χ0n) is 13.1. The fraction of sp³-hybridized carbons (Fsp3) is 0.316. The summed E-state index contributed by atoms with van der Waals surface area (Å²) >= 11 is 5.95. The molecule has 1 aliphatic rings. The van der Waals surface area contributed by atoms with Gasteiger partial charge >= 0.3 is 0 Å². The van der Waals surface area contributed by atoms with Gasteiger partial charge in [-0.3, -0.25) is 0 Å². The second-order valence-corrected chi connectivity index (χ2v) is 6.53. The number of anilines is 1. The Morgan fingerprint density at radius 2 is 2.21 bits per heavy atom. The molecule has 3 nitrogen and oxygen atoms in total. The van der Waals surface area contributed by atoms with Gasteiger partial charge < -0.3 is 10.4 Å². The molecule has 0 aliphatic heterocycles. The van der Waals surface area contributed by atoms with E-state index in [2.05, 4.69) is 22.1 Å². The van der Waals surface area contributed by atoms with E-state index in [0.29, 0.717) is 23.7 Å². The lowest BCUT2D eigenvalue weighted by Crippen LogP contribution is -2.39. The first kappa shape index (κ1) is 16.8. The maximum absolute atomic E-state index is 12.9. The summed E-state index contributed by atoms with van der Waals surface area (Å²) in [4.78, 5) is 4.00. The van der Waals surface area contributed by atoms with Crippen LogP contribution in [-0.4, -0.2) is 21.7 Å². The van der Waals surface area contributed by atoms with Crippen LogP contribution in [-0.2, 0) is 0 Å². The fourth-order valence-corrected chi connectivity index (χ4v) is 3.10. The second-order valence-electron chi connectivity index (χ2n) is 6.09. The third kappa shape index (κ3) is 4.47. The number of hydrogen-bond acceptors (Lipinski definition) is 3. The van der Waals surface area contributed by atoms with E-state index in [1.807, 2.05) is 12.1 Å². The van der Waals surface area contributed by atoms with Gasteiger partial charge in [0.05, 0.1) is 6.20 Å². The summed E-state index contributed by atoms with van der Waals surface area (Å²) in [5.41, 5.74) is -0.260. The summed E-state index contributed by atoms with van der Waals surface area (Å²) < 4.78 is 12.9. The van der Waals surface area contributed by atoms with Crippen molar-refractivity contribution in [3.63, 3.8) is 0 Å². The van der Waals surface area contributed by atoms with Crippen molar-refractivity contribution in [2.75, 3.05) is 5.32 Å². The van der Waals surface area contributed by atoms with Crippen molar-refractivity contribution in [2.24, 2.45) is 0 Å². The normalized spacial score (nSPS) is 23.2. The van der Waals surface area contributed by atoms with Gasteiger partial charge in [0.25, 0.3) is 0 Å². The maximum Gasteiger partial charge on any atom is 0.141 e. The summed E-state index contributed by atoms with van der Waals surface area (Å²) in [6, 6.07) is 10.3. The van der Waals surface area contributed by atoms with Gasteiger partial charge in [-0.2, -0.15) is 0 Å². The standard InChI is InChI=1S/C19H18ClFN2O/c20-15-4-1-3-14(11-15)8-10-19(24)9-2-5-17(12-19)23-18-7-6-16(21)13-22-18/h1,3-4,6-7,11,13,17,24H,2,5,9,12H2,(H,22,23)/t17-,19+/m0/s1. The Morgan fingerprint density at radius 3 is 2.96 bits per heavy atom. The highest BCUT2D eigenvalue weighted by Gasteiger charge is 2.32. The highest BCUT2D eigenvalue weighted by atomic mass is 35.5. The zero-order chi connectivity index (χ0) is 17.0. The molecule has 2 aromatic rings. The van der Waals surface area contributed by atoms with E-state index >= 15 is 0 Å². The highest BCUT2D eigenvalue weighted by molar-refractivity contribution is 6.30. The van der Waals surface area contributed by atoms with Crippen molar-refractivity contribution in [1.29, 1.82) is 0 Å². The Labute approximate surface area is 145 Å². The van der Waals surface area contributed by atoms with Crippen LogP contribution in [0.2, 0.25) is 5.02 Å². The molecule has 0 bridgehead atoms. The van der Waals surface area contributed by atoms with Crippen molar-refractivity contribution < 1.29 is 9.50 Å². The molecule has 2 N–H and O–H groups in total. The van der Waals surface area contributed by atoms with Crippen LogP contribution in [0.5, 0.6) is 0 Å². The smallest absolute Gasteiger partial charge is 0.141 e. The number of rotatable bonds is 2. The molecule has 1 aliphatic carbocycles. The predicted octanol–water partition coefficient (Wildman–Crippen LogP) is 4.01. The first-order chi connectivity index (χ1) is 11.5. The van der Waals surface area contributed by atoms with Crippen molar-refractivity contribution in [3.05, 3.63) is 59.0 Å². The van der Waals surface area contributed by atoms with Gasteiger partial charge in [-0.05, 0) is 49.6 Å². The minimum atomic E-state index is -1.04. The molecule has 1 saturated carbocycles. The lowest BCUT2D eigenvalue weighted by molar-refractivity contribution is 0.0561. The lowest BCUT2D eigenvalue weighted by atomic mass is 9.82. The van der Waals surface area contributed by atoms with E-state index in [1.54, 1.807) is 18.2 Å². The Kier molecular flexibility index (Phi) is 5.03. The zero-order valence-corrected chi connectivity index (χ0v) is 13.9. The summed E-state index contributed by atoms with van der Waals surface area (Å²) in [7, 11) is 0. The Hall–Kier alpha value is -2.09. The largest absolute Gasteiger partial charge is 0.378 e. The average Bonchev–Trinajstić information content (AvgIpc) is 2.56. The highest BCUT2D eigenvalue weighted by Crippen LogP contribution is 2.29. The van der Waals surface area contributed by atoms with Gasteiger partial charge in [-0.25, -0.2) is 9.37 Å². The predicted molar refractivity (Wildman–Crippen MR) is 93.4 cm³/mol. The molecule has 0 radical (unpaired) electrons. The number of aromatic nitrogens is 1. The molecule has 0 amide bonds. The number of nitrogens with zero attached hydrogens (tertiary/aromatic N) is 1. The quantitative estimate of drug-likeness (QED) is 0.809. The summed E-state index contributed by atoms with van der Waals surface area (Å²) in [5.74, 6) is 6.24. The van der Waals surface area contributed by atoms with Crippen LogP contribution in [0.3, 0.4) is 0 Å². The molecule has 2 atom stereocenters. The van der Waals surface area contributed by atoms with Crippen molar-refractivity contribution in [1.82, 2.24) is 4.98 Å². The second kappa shape index (κ2) is 7.21. The van der Waals surface area contributed by atoms with Gasteiger partial charge in [0.2, 0.25) is 0 Å². The number of benzene rings is 1. The van der Waals surface area contributed by atoms with Crippen LogP contribution in [0.25, 0.3) is 0 Å². The molecule has 1 fully saturated rings. The minimum absolute atomic E-state index is 0.0513. The molecule has 1 heterocycles.